The zero-order valence-corrected chi connectivity index (χ0v) is 9.50. The van der Waals surface area contributed by atoms with Crippen LogP contribution >= 0.6 is 0 Å². The molecular formula is C12H13NO5. The van der Waals surface area contributed by atoms with Gasteiger partial charge in [0.1, 0.15) is 12.4 Å². The van der Waals surface area contributed by atoms with Gasteiger partial charge in [-0.3, -0.25) is 0 Å². The molecule has 0 saturated heterocycles. The Hall–Kier alpha value is -2.50. The van der Waals surface area contributed by atoms with Crippen LogP contribution in [-0.2, 0) is 9.53 Å². The number of carbonyl (C=O) groups is 2. The monoisotopic (exact) mass is 251 g/mol. The number of phenolic OH excluding ortho intramolecular Hbond substituents is 1. The molecule has 6 nitrogen and oxygen atoms in total. The zero-order chi connectivity index (χ0) is 13.5. The highest BCUT2D eigenvalue weighted by atomic mass is 16.5. The minimum Gasteiger partial charge on any atom is -0.508 e. The highest BCUT2D eigenvalue weighted by Gasteiger charge is 2.22. The molecule has 18 heavy (non-hydrogen) atoms. The molecule has 0 saturated carbocycles. The van der Waals surface area contributed by atoms with Crippen LogP contribution in [-0.4, -0.2) is 28.9 Å². The molecule has 1 atom stereocenters. The number of rotatable bonds is 5. The van der Waals surface area contributed by atoms with E-state index in [4.69, 9.17) is 10.2 Å². The lowest BCUT2D eigenvalue weighted by molar-refractivity contribution is -0.139. The van der Waals surface area contributed by atoms with Gasteiger partial charge < -0.3 is 20.3 Å². The largest absolute Gasteiger partial charge is 0.508 e. The van der Waals surface area contributed by atoms with Crippen LogP contribution in [0.3, 0.4) is 0 Å². The molecule has 1 rings (SSSR count). The standard InChI is InChI=1S/C12H13NO5/c1-2-7-18-12(17)13-10(11(15)16)8-3-5-9(14)6-4-8/h2-6,10,14H,1,7H2,(H,13,17)(H,15,16). The lowest BCUT2D eigenvalue weighted by Crippen LogP contribution is -2.34. The van der Waals surface area contributed by atoms with Crippen LogP contribution in [0.2, 0.25) is 0 Å². The Morgan fingerprint density at radius 2 is 2.00 bits per heavy atom. The number of benzene rings is 1. The van der Waals surface area contributed by atoms with Gasteiger partial charge in [0.15, 0.2) is 6.04 Å². The Kier molecular flexibility index (Phi) is 4.74. The normalized spacial score (nSPS) is 11.3. The third kappa shape index (κ3) is 3.82. The molecule has 0 fully saturated rings. The van der Waals surface area contributed by atoms with E-state index in [0.717, 1.165) is 0 Å². The van der Waals surface area contributed by atoms with E-state index in [1.807, 2.05) is 0 Å². The van der Waals surface area contributed by atoms with Crippen LogP contribution in [0.15, 0.2) is 36.9 Å². The highest BCUT2D eigenvalue weighted by molar-refractivity contribution is 5.81. The van der Waals surface area contributed by atoms with Crippen molar-refractivity contribution in [1.82, 2.24) is 5.32 Å². The SMILES string of the molecule is C=CCOC(=O)NC(C(=O)O)c1ccc(O)cc1. The summed E-state index contributed by atoms with van der Waals surface area (Å²) in [5, 5.41) is 20.3. The summed E-state index contributed by atoms with van der Waals surface area (Å²) in [4.78, 5) is 22.3. The number of hydrogen-bond acceptors (Lipinski definition) is 4. The van der Waals surface area contributed by atoms with Crippen LogP contribution in [0.4, 0.5) is 4.79 Å². The minimum atomic E-state index is -1.23. The van der Waals surface area contributed by atoms with Crippen LogP contribution in [0.5, 0.6) is 5.75 Å². The van der Waals surface area contributed by atoms with Gasteiger partial charge in [-0.2, -0.15) is 0 Å². The van der Waals surface area contributed by atoms with Crippen molar-refractivity contribution in [1.29, 1.82) is 0 Å². The summed E-state index contributed by atoms with van der Waals surface area (Å²) < 4.78 is 4.64. The number of amides is 1. The van der Waals surface area contributed by atoms with Crippen molar-refractivity contribution in [3.05, 3.63) is 42.5 Å². The summed E-state index contributed by atoms with van der Waals surface area (Å²) in [5.74, 6) is -1.21. The maximum atomic E-state index is 11.3. The van der Waals surface area contributed by atoms with Crippen molar-refractivity contribution in [2.24, 2.45) is 0 Å². The number of ether oxygens (including phenoxy) is 1. The van der Waals surface area contributed by atoms with Gasteiger partial charge in [0, 0.05) is 0 Å². The number of nitrogens with one attached hydrogen (secondary N) is 1. The Morgan fingerprint density at radius 3 is 2.50 bits per heavy atom. The second kappa shape index (κ2) is 6.29. The summed E-state index contributed by atoms with van der Waals surface area (Å²) in [6.07, 6.45) is 0.519. The molecule has 0 aliphatic carbocycles. The van der Waals surface area contributed by atoms with Crippen molar-refractivity contribution in [3.63, 3.8) is 0 Å². The fourth-order valence-electron chi connectivity index (χ4n) is 1.25. The van der Waals surface area contributed by atoms with Gasteiger partial charge >= 0.3 is 12.1 Å². The fourth-order valence-corrected chi connectivity index (χ4v) is 1.25. The molecule has 3 N–H and O–H groups in total. The van der Waals surface area contributed by atoms with Crippen molar-refractivity contribution in [2.75, 3.05) is 6.61 Å². The first-order valence-corrected chi connectivity index (χ1v) is 5.10. The van der Waals surface area contributed by atoms with Crippen molar-refractivity contribution < 1.29 is 24.5 Å². The van der Waals surface area contributed by atoms with Crippen molar-refractivity contribution >= 4 is 12.1 Å². The maximum absolute atomic E-state index is 11.3. The lowest BCUT2D eigenvalue weighted by atomic mass is 10.1. The predicted molar refractivity (Wildman–Crippen MR) is 63.2 cm³/mol. The second-order valence-electron chi connectivity index (χ2n) is 3.39. The number of alkyl carbamates (subject to hydrolysis) is 1. The van der Waals surface area contributed by atoms with E-state index in [1.165, 1.54) is 30.3 Å². The van der Waals surface area contributed by atoms with E-state index < -0.39 is 18.1 Å². The van der Waals surface area contributed by atoms with Gasteiger partial charge in [0.2, 0.25) is 0 Å². The van der Waals surface area contributed by atoms with E-state index in [1.54, 1.807) is 0 Å². The first kappa shape index (κ1) is 13.6. The molecule has 1 aromatic rings. The fraction of sp³-hybridized carbons (Fsp3) is 0.167. The number of hydrogen-bond donors (Lipinski definition) is 3. The molecule has 0 heterocycles. The van der Waals surface area contributed by atoms with Crippen molar-refractivity contribution in [3.8, 4) is 5.75 Å². The Labute approximate surface area is 104 Å². The summed E-state index contributed by atoms with van der Waals surface area (Å²) in [7, 11) is 0. The first-order chi connectivity index (χ1) is 8.54. The molecule has 1 aromatic carbocycles. The van der Waals surface area contributed by atoms with Gasteiger partial charge in [-0.15, -0.1) is 0 Å². The number of carbonyl (C=O) groups excluding carboxylic acids is 1. The van der Waals surface area contributed by atoms with Crippen LogP contribution in [0.1, 0.15) is 11.6 Å². The molecule has 0 radical (unpaired) electrons. The van der Waals surface area contributed by atoms with E-state index in [-0.39, 0.29) is 12.4 Å². The summed E-state index contributed by atoms with van der Waals surface area (Å²) in [5.41, 5.74) is 0.329. The lowest BCUT2D eigenvalue weighted by Gasteiger charge is -2.14. The smallest absolute Gasteiger partial charge is 0.408 e. The number of carboxylic acid groups (broad SMARTS) is 1. The number of phenols is 1. The van der Waals surface area contributed by atoms with Crippen molar-refractivity contribution in [2.45, 2.75) is 6.04 Å². The summed E-state index contributed by atoms with van der Waals surface area (Å²) >= 11 is 0. The summed E-state index contributed by atoms with van der Waals surface area (Å²) in [6, 6.07) is 4.25. The van der Waals surface area contributed by atoms with Crippen LogP contribution in [0.25, 0.3) is 0 Å². The van der Waals surface area contributed by atoms with Gasteiger partial charge in [-0.1, -0.05) is 24.8 Å². The third-order valence-electron chi connectivity index (χ3n) is 2.07. The maximum Gasteiger partial charge on any atom is 0.408 e. The Morgan fingerprint density at radius 1 is 1.39 bits per heavy atom. The Bertz CT molecular complexity index is 440. The molecule has 96 valence electrons. The van der Waals surface area contributed by atoms with Gasteiger partial charge in [-0.05, 0) is 17.7 Å². The second-order valence-corrected chi connectivity index (χ2v) is 3.39. The van der Waals surface area contributed by atoms with Crippen LogP contribution < -0.4 is 5.32 Å². The molecule has 1 amide bonds. The van der Waals surface area contributed by atoms with E-state index in [9.17, 15) is 9.59 Å². The van der Waals surface area contributed by atoms with E-state index in [0.29, 0.717) is 5.56 Å². The molecule has 0 spiro atoms. The predicted octanol–water partition coefficient (Wildman–Crippen LogP) is 1.43. The molecule has 0 aliphatic rings. The molecule has 6 heteroatoms. The number of carboxylic acids is 1. The van der Waals surface area contributed by atoms with E-state index in [2.05, 4.69) is 16.6 Å². The Balaban J connectivity index is 2.77. The number of aliphatic carboxylic acids is 1. The van der Waals surface area contributed by atoms with Gasteiger partial charge in [0.05, 0.1) is 0 Å². The average Bonchev–Trinajstić information content (AvgIpc) is 2.34. The molecule has 1 unspecified atom stereocenters. The quantitative estimate of drug-likeness (QED) is 0.688. The third-order valence-corrected chi connectivity index (χ3v) is 2.07. The topological polar surface area (TPSA) is 95.9 Å². The minimum absolute atomic E-state index is 0.00620. The van der Waals surface area contributed by atoms with Gasteiger partial charge in [0.25, 0.3) is 0 Å². The van der Waals surface area contributed by atoms with E-state index >= 15 is 0 Å². The summed E-state index contributed by atoms with van der Waals surface area (Å²) in [6.45, 7) is 3.36. The number of aromatic hydroxyl groups is 1. The molecule has 0 aliphatic heterocycles. The zero-order valence-electron chi connectivity index (χ0n) is 9.50. The molecule has 0 bridgehead atoms. The average molecular weight is 251 g/mol. The first-order valence-electron chi connectivity index (χ1n) is 5.10. The van der Waals surface area contributed by atoms with Crippen LogP contribution in [0, 0.1) is 0 Å². The van der Waals surface area contributed by atoms with Gasteiger partial charge in [-0.25, -0.2) is 9.59 Å². The molecule has 0 aromatic heterocycles. The molecular weight excluding hydrogens is 238 g/mol. The highest BCUT2D eigenvalue weighted by Crippen LogP contribution is 2.17.